The van der Waals surface area contributed by atoms with Gasteiger partial charge in [-0.3, -0.25) is 23.7 Å². The van der Waals surface area contributed by atoms with Crippen molar-refractivity contribution in [1.29, 1.82) is 0 Å². The Morgan fingerprint density at radius 2 is 0.690 bits per heavy atom. The Bertz CT molecular complexity index is 1380. The third-order valence-corrected chi connectivity index (χ3v) is 19.0. The second-order valence-electron chi connectivity index (χ2n) is 14.1. The molecule has 21 heteroatoms. The molecule has 0 aliphatic carbocycles. The normalized spacial score (nSPS) is 12.6. The van der Waals surface area contributed by atoms with Gasteiger partial charge in [0.15, 0.2) is 11.4 Å². The number of benzene rings is 2. The molecule has 334 valence electrons. The Balaban J connectivity index is 2.38. The van der Waals surface area contributed by atoms with Crippen LogP contribution in [0.25, 0.3) is 0 Å². The number of thiol groups is 7. The van der Waals surface area contributed by atoms with Crippen molar-refractivity contribution in [3.63, 3.8) is 0 Å². The van der Waals surface area contributed by atoms with Crippen molar-refractivity contribution < 1.29 is 25.5 Å². The van der Waals surface area contributed by atoms with Crippen LogP contribution < -0.4 is 8.97 Å². The lowest BCUT2D eigenvalue weighted by molar-refractivity contribution is 0.137. The van der Waals surface area contributed by atoms with E-state index < -0.39 is 0 Å². The van der Waals surface area contributed by atoms with Gasteiger partial charge in [0.2, 0.25) is 0 Å². The minimum Gasteiger partial charge on any atom is -0.390 e. The molecule has 10 nitrogen and oxygen atoms in total. The lowest BCUT2D eigenvalue weighted by Crippen LogP contribution is -2.55. The summed E-state index contributed by atoms with van der Waals surface area (Å²) in [5.41, 5.74) is 4.07. The van der Waals surface area contributed by atoms with Gasteiger partial charge < -0.3 is 25.5 Å². The molecule has 0 heterocycles. The third-order valence-electron chi connectivity index (χ3n) is 10.5. The molecular formula is C37H63I4N5O5S7+2. The second-order valence-corrected chi connectivity index (χ2v) is 21.6. The first-order valence-corrected chi connectivity index (χ1v) is 27.3. The minimum absolute atomic E-state index is 0.0191. The largest absolute Gasteiger partial charge is 0.390 e. The fraction of sp³-hybridized carbons (Fsp3) is 0.676. The highest BCUT2D eigenvalue weighted by Crippen LogP contribution is 2.45. The van der Waals surface area contributed by atoms with Crippen molar-refractivity contribution in [2.45, 2.75) is 46.0 Å². The summed E-state index contributed by atoms with van der Waals surface area (Å²) in [6.45, 7) is 11.8. The van der Waals surface area contributed by atoms with Crippen molar-refractivity contribution in [3.8, 4) is 0 Å². The van der Waals surface area contributed by atoms with Gasteiger partial charge in [-0.2, -0.15) is 37.9 Å². The van der Waals surface area contributed by atoms with E-state index in [1.807, 2.05) is 0 Å². The topological polar surface area (TPSA) is 111 Å². The molecule has 0 atom stereocenters. The molecule has 58 heavy (non-hydrogen) atoms. The van der Waals surface area contributed by atoms with Crippen LogP contribution in [0.1, 0.15) is 24.5 Å². The third kappa shape index (κ3) is 15.5. The predicted octanol–water partition coefficient (Wildman–Crippen LogP) is 5.64. The Hall–Kier alpha value is 3.41. The summed E-state index contributed by atoms with van der Waals surface area (Å²) in [7, 11) is 0. The zero-order chi connectivity index (χ0) is 43.6. The van der Waals surface area contributed by atoms with E-state index in [1.165, 1.54) is 0 Å². The molecule has 2 rings (SSSR count). The smallest absolute Gasteiger partial charge is 0.162 e. The highest BCUT2D eigenvalue weighted by molar-refractivity contribution is 14.1. The number of aliphatic hydroxyl groups is 5. The van der Waals surface area contributed by atoms with Gasteiger partial charge in [0.05, 0.1) is 53.9 Å². The van der Waals surface area contributed by atoms with Gasteiger partial charge in [0, 0.05) is 95.7 Å². The standard InChI is InChI=1S/C37H61I4N5O5S7/c1-2-10-45(11-16-47,12-17-48)32-28(38)34(55)26(35(56)29(32)39)24-43(8-22-53)5-3-42(7-21-52)4-6-44(9-23-54)25-27-36(57)30(40)33(31(41)37(27)58)46(13-18-49,14-19-50)15-20-51/h47-51H,2-25H2,1H3,(H5-2,52,53,54,55,56,57,58)/p+2. The quantitative estimate of drug-likeness (QED) is 0.0277. The van der Waals surface area contributed by atoms with Gasteiger partial charge in [-0.1, -0.05) is 6.92 Å². The van der Waals surface area contributed by atoms with Gasteiger partial charge >= 0.3 is 0 Å². The van der Waals surface area contributed by atoms with Crippen molar-refractivity contribution in [2.24, 2.45) is 0 Å². The Morgan fingerprint density at radius 1 is 0.431 bits per heavy atom. The highest BCUT2D eigenvalue weighted by atomic mass is 127. The number of rotatable bonds is 30. The summed E-state index contributed by atoms with van der Waals surface area (Å²) in [5, 5.41) is 50.3. The van der Waals surface area contributed by atoms with Crippen LogP contribution in [0.15, 0.2) is 19.6 Å². The molecule has 2 aromatic rings. The first kappa shape index (κ1) is 57.5. The highest BCUT2D eigenvalue weighted by Gasteiger charge is 2.38. The lowest BCUT2D eigenvalue weighted by atomic mass is 10.1. The van der Waals surface area contributed by atoms with E-state index in [-0.39, 0.29) is 37.5 Å². The number of nitrogens with zero attached hydrogens (tertiary/aromatic N) is 5. The zero-order valence-corrected chi connectivity index (χ0v) is 48.0. The maximum atomic E-state index is 10.1. The summed E-state index contributed by atoms with van der Waals surface area (Å²) < 4.78 is 4.66. The molecule has 0 amide bonds. The van der Waals surface area contributed by atoms with E-state index in [1.54, 1.807) is 0 Å². The molecule has 5 N–H and O–H groups in total. The van der Waals surface area contributed by atoms with Gasteiger partial charge in [-0.15, -0.1) is 50.5 Å². The van der Waals surface area contributed by atoms with Gasteiger partial charge in [0.1, 0.15) is 32.7 Å². The summed E-state index contributed by atoms with van der Waals surface area (Å²) >= 11 is 43.6. The van der Waals surface area contributed by atoms with E-state index in [9.17, 15) is 25.5 Å². The maximum absolute atomic E-state index is 10.1. The molecule has 0 fully saturated rings. The average molecular weight is 1390 g/mol. The average Bonchev–Trinajstić information content (AvgIpc) is 3.18. The minimum atomic E-state index is -0.0850. The number of halogens is 4. The van der Waals surface area contributed by atoms with E-state index in [0.717, 1.165) is 121 Å². The molecule has 2 aromatic carbocycles. The molecule has 0 saturated heterocycles. The Labute approximate surface area is 440 Å². The van der Waals surface area contributed by atoms with Crippen LogP contribution in [0.4, 0.5) is 11.4 Å². The molecule has 0 unspecified atom stereocenters. The van der Waals surface area contributed by atoms with Gasteiger partial charge in [-0.25, -0.2) is 0 Å². The van der Waals surface area contributed by atoms with Crippen molar-refractivity contribution in [2.75, 3.05) is 135 Å². The summed E-state index contributed by atoms with van der Waals surface area (Å²) in [5.74, 6) is 2.12. The fourth-order valence-corrected chi connectivity index (χ4v) is 15.2. The summed E-state index contributed by atoms with van der Waals surface area (Å²) in [6, 6.07) is 0. The Kier molecular flexibility index (Phi) is 29.7. The molecule has 0 aliphatic rings. The van der Waals surface area contributed by atoms with Gasteiger partial charge in [-0.05, 0) is 108 Å². The first-order chi connectivity index (χ1) is 27.7. The van der Waals surface area contributed by atoms with Crippen LogP contribution in [0.5, 0.6) is 0 Å². The maximum Gasteiger partial charge on any atom is 0.162 e. The second kappa shape index (κ2) is 29.9. The molecule has 0 saturated carbocycles. The van der Waals surface area contributed by atoms with Crippen molar-refractivity contribution in [3.05, 3.63) is 25.4 Å². The lowest BCUT2D eigenvalue weighted by Gasteiger charge is -2.39. The van der Waals surface area contributed by atoms with E-state index in [2.05, 4.69) is 150 Å². The van der Waals surface area contributed by atoms with E-state index in [0.29, 0.717) is 61.8 Å². The fourth-order valence-electron chi connectivity index (χ4n) is 7.57. The number of hydrogen-bond donors (Lipinski definition) is 12. The van der Waals surface area contributed by atoms with Crippen LogP contribution in [0.2, 0.25) is 0 Å². The molecule has 0 aliphatic heterocycles. The van der Waals surface area contributed by atoms with Crippen LogP contribution in [0.3, 0.4) is 0 Å². The van der Waals surface area contributed by atoms with Gasteiger partial charge in [0.25, 0.3) is 0 Å². The monoisotopic (exact) mass is 1390 g/mol. The predicted molar refractivity (Wildman–Crippen MR) is 300 cm³/mol. The van der Waals surface area contributed by atoms with Crippen LogP contribution in [0, 0.1) is 14.3 Å². The summed E-state index contributed by atoms with van der Waals surface area (Å²) in [6.07, 6.45) is 0.908. The number of quaternary nitrogens is 2. The number of hydrogen-bond acceptors (Lipinski definition) is 15. The first-order valence-electron chi connectivity index (χ1n) is 19.3. The molecule has 0 aromatic heterocycles. The number of aliphatic hydroxyl groups excluding tert-OH is 5. The zero-order valence-electron chi connectivity index (χ0n) is 33.1. The van der Waals surface area contributed by atoms with E-state index >= 15 is 0 Å². The van der Waals surface area contributed by atoms with Crippen LogP contribution in [-0.4, -0.2) is 176 Å². The van der Waals surface area contributed by atoms with E-state index in [4.69, 9.17) is 50.5 Å². The molecule has 0 radical (unpaired) electrons. The Morgan fingerprint density at radius 3 is 0.948 bits per heavy atom. The SMILES string of the molecule is CCC[N+](CCO)(CCO)c1c(I)c(S)c(CN(CCS)CCN(CCS)CCN(CCS)Cc2c(S)c(I)c([N+](CCO)(CCO)CCO)c(I)c2S)c(S)c1I. The molecular weight excluding hydrogens is 1330 g/mol. The van der Waals surface area contributed by atoms with Crippen LogP contribution in [-0.2, 0) is 13.1 Å². The molecule has 0 bridgehead atoms. The van der Waals surface area contributed by atoms with Crippen molar-refractivity contribution >= 4 is 190 Å². The van der Waals surface area contributed by atoms with Crippen molar-refractivity contribution in [1.82, 2.24) is 23.7 Å². The molecule has 0 spiro atoms. The van der Waals surface area contributed by atoms with Crippen LogP contribution >= 0.6 is 179 Å². The summed E-state index contributed by atoms with van der Waals surface area (Å²) in [4.78, 5) is 10.7.